The minimum absolute atomic E-state index is 0.365. The zero-order valence-corrected chi connectivity index (χ0v) is 10.3. The van der Waals surface area contributed by atoms with Crippen LogP contribution in [0.25, 0.3) is 0 Å². The Bertz CT molecular complexity index is 361. The van der Waals surface area contributed by atoms with Gasteiger partial charge in [-0.1, -0.05) is 18.6 Å². The summed E-state index contributed by atoms with van der Waals surface area (Å²) in [5.74, 6) is 2.36. The van der Waals surface area contributed by atoms with E-state index < -0.39 is 0 Å². The molecule has 1 aliphatic carbocycles. The standard InChI is InChI=1S/C15H21NO/c17-15-6-4-12(5-7-15)8-9-16-10-13-2-1-3-14(13)11-16/h4-7,13-14,17H,1-3,8-11H2. The number of aromatic hydroxyl groups is 1. The molecule has 1 aromatic rings. The number of benzene rings is 1. The molecule has 1 aromatic carbocycles. The van der Waals surface area contributed by atoms with E-state index in [0.29, 0.717) is 5.75 Å². The minimum atomic E-state index is 0.365. The second kappa shape index (κ2) is 4.69. The van der Waals surface area contributed by atoms with E-state index >= 15 is 0 Å². The SMILES string of the molecule is Oc1ccc(CCN2CC3CCCC3C2)cc1. The first-order valence-electron chi connectivity index (χ1n) is 6.81. The Labute approximate surface area is 103 Å². The van der Waals surface area contributed by atoms with Crippen LogP contribution in [-0.4, -0.2) is 29.6 Å². The number of hydrogen-bond donors (Lipinski definition) is 1. The van der Waals surface area contributed by atoms with E-state index in [1.54, 1.807) is 12.1 Å². The van der Waals surface area contributed by atoms with Crippen LogP contribution in [0.5, 0.6) is 5.75 Å². The summed E-state index contributed by atoms with van der Waals surface area (Å²) < 4.78 is 0. The molecule has 1 saturated heterocycles. The smallest absolute Gasteiger partial charge is 0.115 e. The summed E-state index contributed by atoms with van der Waals surface area (Å²) in [6.45, 7) is 3.82. The molecule has 1 heterocycles. The van der Waals surface area contributed by atoms with Crippen LogP contribution < -0.4 is 0 Å². The predicted octanol–water partition coefficient (Wildman–Crippen LogP) is 2.67. The lowest BCUT2D eigenvalue weighted by Crippen LogP contribution is -2.24. The first-order valence-corrected chi connectivity index (χ1v) is 6.81. The number of phenolic OH excluding ortho intramolecular Hbond substituents is 1. The second-order valence-corrected chi connectivity index (χ2v) is 5.63. The molecule has 92 valence electrons. The zero-order valence-electron chi connectivity index (χ0n) is 10.3. The number of rotatable bonds is 3. The summed E-state index contributed by atoms with van der Waals surface area (Å²) in [4.78, 5) is 2.63. The van der Waals surface area contributed by atoms with Crippen molar-refractivity contribution in [2.24, 2.45) is 11.8 Å². The summed E-state index contributed by atoms with van der Waals surface area (Å²) in [7, 11) is 0. The molecule has 1 saturated carbocycles. The van der Waals surface area contributed by atoms with E-state index in [1.165, 1.54) is 44.5 Å². The maximum absolute atomic E-state index is 9.23. The van der Waals surface area contributed by atoms with Gasteiger partial charge in [0, 0.05) is 19.6 Å². The van der Waals surface area contributed by atoms with Crippen LogP contribution in [0.1, 0.15) is 24.8 Å². The van der Waals surface area contributed by atoms with Gasteiger partial charge in [-0.15, -0.1) is 0 Å². The molecule has 2 heteroatoms. The predicted molar refractivity (Wildman–Crippen MR) is 69.1 cm³/mol. The average molecular weight is 231 g/mol. The van der Waals surface area contributed by atoms with Gasteiger partial charge in [-0.2, -0.15) is 0 Å². The monoisotopic (exact) mass is 231 g/mol. The van der Waals surface area contributed by atoms with Crippen molar-refractivity contribution in [1.29, 1.82) is 0 Å². The van der Waals surface area contributed by atoms with Crippen molar-refractivity contribution >= 4 is 0 Å². The molecule has 17 heavy (non-hydrogen) atoms. The minimum Gasteiger partial charge on any atom is -0.508 e. The van der Waals surface area contributed by atoms with E-state index in [1.807, 2.05) is 12.1 Å². The molecule has 2 aliphatic rings. The molecular weight excluding hydrogens is 210 g/mol. The topological polar surface area (TPSA) is 23.5 Å². The number of hydrogen-bond acceptors (Lipinski definition) is 2. The second-order valence-electron chi connectivity index (χ2n) is 5.63. The van der Waals surface area contributed by atoms with E-state index in [2.05, 4.69) is 4.90 Å². The maximum atomic E-state index is 9.23. The number of fused-ring (bicyclic) bond motifs is 1. The molecule has 2 atom stereocenters. The summed E-state index contributed by atoms with van der Waals surface area (Å²) in [6.07, 6.45) is 5.49. The van der Waals surface area contributed by atoms with Crippen molar-refractivity contribution in [3.63, 3.8) is 0 Å². The highest BCUT2D eigenvalue weighted by atomic mass is 16.3. The Morgan fingerprint density at radius 2 is 1.71 bits per heavy atom. The number of likely N-dealkylation sites (tertiary alicyclic amines) is 1. The van der Waals surface area contributed by atoms with Crippen molar-refractivity contribution in [1.82, 2.24) is 4.90 Å². The maximum Gasteiger partial charge on any atom is 0.115 e. The molecule has 0 spiro atoms. The number of phenols is 1. The van der Waals surface area contributed by atoms with Crippen LogP contribution >= 0.6 is 0 Å². The van der Waals surface area contributed by atoms with Crippen LogP contribution in [-0.2, 0) is 6.42 Å². The fourth-order valence-corrected chi connectivity index (χ4v) is 3.46. The molecule has 0 bridgehead atoms. The fraction of sp³-hybridized carbons (Fsp3) is 0.600. The highest BCUT2D eigenvalue weighted by Gasteiger charge is 2.35. The van der Waals surface area contributed by atoms with Gasteiger partial charge in [-0.25, -0.2) is 0 Å². The lowest BCUT2D eigenvalue weighted by atomic mass is 10.0. The van der Waals surface area contributed by atoms with Crippen molar-refractivity contribution in [2.45, 2.75) is 25.7 Å². The molecule has 3 rings (SSSR count). The summed E-state index contributed by atoms with van der Waals surface area (Å²) in [5, 5.41) is 9.23. The van der Waals surface area contributed by atoms with Gasteiger partial charge in [0.1, 0.15) is 5.75 Å². The third-order valence-corrected chi connectivity index (χ3v) is 4.45. The zero-order chi connectivity index (χ0) is 11.7. The Kier molecular flexibility index (Phi) is 3.06. The quantitative estimate of drug-likeness (QED) is 0.864. The van der Waals surface area contributed by atoms with Gasteiger partial charge in [0.05, 0.1) is 0 Å². The highest BCUT2D eigenvalue weighted by Crippen LogP contribution is 2.37. The van der Waals surface area contributed by atoms with Gasteiger partial charge in [0.25, 0.3) is 0 Å². The van der Waals surface area contributed by atoms with Gasteiger partial charge in [-0.3, -0.25) is 0 Å². The molecular formula is C15H21NO. The summed E-state index contributed by atoms with van der Waals surface area (Å²) in [5.41, 5.74) is 1.33. The molecule has 1 aliphatic heterocycles. The summed E-state index contributed by atoms with van der Waals surface area (Å²) >= 11 is 0. The Morgan fingerprint density at radius 1 is 1.06 bits per heavy atom. The van der Waals surface area contributed by atoms with Crippen molar-refractivity contribution < 1.29 is 5.11 Å². The first kappa shape index (κ1) is 11.1. The van der Waals surface area contributed by atoms with Crippen LogP contribution in [0.15, 0.2) is 24.3 Å². The lowest BCUT2D eigenvalue weighted by Gasteiger charge is -2.16. The lowest BCUT2D eigenvalue weighted by molar-refractivity contribution is 0.315. The molecule has 0 aromatic heterocycles. The Hall–Kier alpha value is -1.02. The fourth-order valence-electron chi connectivity index (χ4n) is 3.46. The largest absolute Gasteiger partial charge is 0.508 e. The van der Waals surface area contributed by atoms with E-state index in [-0.39, 0.29) is 0 Å². The van der Waals surface area contributed by atoms with Crippen LogP contribution in [0.2, 0.25) is 0 Å². The Morgan fingerprint density at radius 3 is 2.35 bits per heavy atom. The van der Waals surface area contributed by atoms with E-state index in [4.69, 9.17) is 0 Å². The first-order chi connectivity index (χ1) is 8.31. The normalized spacial score (nSPS) is 28.5. The molecule has 0 amide bonds. The summed E-state index contributed by atoms with van der Waals surface area (Å²) in [6, 6.07) is 7.64. The third kappa shape index (κ3) is 2.47. The van der Waals surface area contributed by atoms with Crippen LogP contribution in [0, 0.1) is 11.8 Å². The van der Waals surface area contributed by atoms with Gasteiger partial charge in [-0.05, 0) is 48.8 Å². The van der Waals surface area contributed by atoms with Crippen LogP contribution in [0.4, 0.5) is 0 Å². The Balaban J connectivity index is 1.50. The van der Waals surface area contributed by atoms with E-state index in [9.17, 15) is 5.11 Å². The molecule has 0 radical (unpaired) electrons. The average Bonchev–Trinajstić information content (AvgIpc) is 2.88. The highest BCUT2D eigenvalue weighted by molar-refractivity contribution is 5.26. The molecule has 2 fully saturated rings. The van der Waals surface area contributed by atoms with Crippen molar-refractivity contribution in [2.75, 3.05) is 19.6 Å². The van der Waals surface area contributed by atoms with Crippen molar-refractivity contribution in [3.8, 4) is 5.75 Å². The van der Waals surface area contributed by atoms with Gasteiger partial charge in [0.15, 0.2) is 0 Å². The van der Waals surface area contributed by atoms with E-state index in [0.717, 1.165) is 18.3 Å². The van der Waals surface area contributed by atoms with Crippen molar-refractivity contribution in [3.05, 3.63) is 29.8 Å². The molecule has 1 N–H and O–H groups in total. The third-order valence-electron chi connectivity index (χ3n) is 4.45. The van der Waals surface area contributed by atoms with Crippen LogP contribution in [0.3, 0.4) is 0 Å². The molecule has 2 nitrogen and oxygen atoms in total. The van der Waals surface area contributed by atoms with Gasteiger partial charge < -0.3 is 10.0 Å². The van der Waals surface area contributed by atoms with Gasteiger partial charge in [0.2, 0.25) is 0 Å². The van der Waals surface area contributed by atoms with Gasteiger partial charge >= 0.3 is 0 Å². The number of nitrogens with zero attached hydrogens (tertiary/aromatic N) is 1. The molecule has 2 unspecified atom stereocenters.